The fraction of sp³-hybridized carbons (Fsp3) is 0.188. The van der Waals surface area contributed by atoms with E-state index in [0.717, 1.165) is 0 Å². The topological polar surface area (TPSA) is 81.5 Å². The van der Waals surface area contributed by atoms with Gasteiger partial charge in [-0.1, -0.05) is 36.7 Å². The summed E-state index contributed by atoms with van der Waals surface area (Å²) < 4.78 is 5.63. The third-order valence-corrected chi connectivity index (χ3v) is 3.41. The molecule has 0 saturated heterocycles. The second kappa shape index (κ2) is 7.60. The molecule has 0 fully saturated rings. The Morgan fingerprint density at radius 2 is 2.04 bits per heavy atom. The van der Waals surface area contributed by atoms with Crippen LogP contribution < -0.4 is 10.1 Å². The number of rotatable bonds is 6. The van der Waals surface area contributed by atoms with Gasteiger partial charge in [0.05, 0.1) is 9.95 Å². The van der Waals surface area contributed by atoms with E-state index in [1.807, 2.05) is 0 Å². The van der Waals surface area contributed by atoms with Gasteiger partial charge in [0.1, 0.15) is 5.75 Å². The third-order valence-electron chi connectivity index (χ3n) is 3.09. The number of benzene rings is 2. The lowest BCUT2D eigenvalue weighted by atomic mass is 10.2. The number of carbonyl (C=O) groups excluding carboxylic acids is 1. The van der Waals surface area contributed by atoms with Crippen molar-refractivity contribution in [1.29, 1.82) is 0 Å². The first-order valence-electron chi connectivity index (χ1n) is 6.97. The van der Waals surface area contributed by atoms with Crippen LogP contribution in [0.25, 0.3) is 0 Å². The lowest BCUT2D eigenvalue weighted by Gasteiger charge is -2.18. The third kappa shape index (κ3) is 4.43. The van der Waals surface area contributed by atoms with Crippen molar-refractivity contribution < 1.29 is 14.5 Å². The molecule has 0 aromatic heterocycles. The molecule has 0 radical (unpaired) electrons. The van der Waals surface area contributed by atoms with Crippen molar-refractivity contribution in [2.24, 2.45) is 0 Å². The first-order valence-corrected chi connectivity index (χ1v) is 7.35. The number of halogens is 1. The number of nitrogens with one attached hydrogen (secondary N) is 1. The van der Waals surface area contributed by atoms with Crippen LogP contribution in [0.2, 0.25) is 5.02 Å². The van der Waals surface area contributed by atoms with Crippen molar-refractivity contribution in [2.45, 2.75) is 19.4 Å². The molecule has 2 rings (SSSR count). The van der Waals surface area contributed by atoms with E-state index in [-0.39, 0.29) is 5.69 Å². The van der Waals surface area contributed by atoms with Gasteiger partial charge in [-0.3, -0.25) is 14.9 Å². The Hall–Kier alpha value is -2.60. The molecule has 120 valence electrons. The normalized spacial score (nSPS) is 11.6. The Labute approximate surface area is 138 Å². The summed E-state index contributed by atoms with van der Waals surface area (Å²) in [5.41, 5.74) is 0.244. The summed E-state index contributed by atoms with van der Waals surface area (Å²) in [5, 5.41) is 13.8. The molecule has 7 heteroatoms. The van der Waals surface area contributed by atoms with Gasteiger partial charge >= 0.3 is 0 Å². The zero-order chi connectivity index (χ0) is 16.8. The molecule has 1 N–H and O–H groups in total. The summed E-state index contributed by atoms with van der Waals surface area (Å²) in [7, 11) is 0. The van der Waals surface area contributed by atoms with Crippen molar-refractivity contribution in [3.05, 3.63) is 63.7 Å². The first-order chi connectivity index (χ1) is 11.0. The number of nitrogens with zero attached hydrogens (tertiary/aromatic N) is 1. The highest BCUT2D eigenvalue weighted by Crippen LogP contribution is 2.25. The Morgan fingerprint density at radius 1 is 1.30 bits per heavy atom. The van der Waals surface area contributed by atoms with E-state index >= 15 is 0 Å². The second-order valence-corrected chi connectivity index (χ2v) is 5.15. The first kappa shape index (κ1) is 16.8. The molecule has 0 heterocycles. The highest BCUT2D eigenvalue weighted by molar-refractivity contribution is 6.32. The van der Waals surface area contributed by atoms with Crippen LogP contribution in [0.1, 0.15) is 13.3 Å². The molecule has 0 spiro atoms. The average Bonchev–Trinajstić information content (AvgIpc) is 2.54. The standard InChI is InChI=1S/C16H15ClN2O4/c1-2-14(23-15-9-4-3-8-13(15)17)16(20)18-11-6-5-7-12(10-11)19(21)22/h3-10,14H,2H2,1H3,(H,18,20)/t14-/m1/s1. The molecule has 0 aliphatic carbocycles. The van der Waals surface area contributed by atoms with Crippen molar-refractivity contribution in [3.63, 3.8) is 0 Å². The predicted molar refractivity (Wildman–Crippen MR) is 87.9 cm³/mol. The van der Waals surface area contributed by atoms with E-state index in [0.29, 0.717) is 22.9 Å². The van der Waals surface area contributed by atoms with Crippen molar-refractivity contribution >= 4 is 28.9 Å². The average molecular weight is 335 g/mol. The molecule has 2 aromatic carbocycles. The maximum Gasteiger partial charge on any atom is 0.271 e. The van der Waals surface area contributed by atoms with Gasteiger partial charge in [0.25, 0.3) is 11.6 Å². The number of hydrogen-bond donors (Lipinski definition) is 1. The number of anilines is 1. The van der Waals surface area contributed by atoms with Crippen molar-refractivity contribution in [3.8, 4) is 5.75 Å². The van der Waals surface area contributed by atoms with Crippen LogP contribution in [0.4, 0.5) is 11.4 Å². The quantitative estimate of drug-likeness (QED) is 0.638. The number of ether oxygens (including phenoxy) is 1. The van der Waals surface area contributed by atoms with Crippen LogP contribution >= 0.6 is 11.6 Å². The highest BCUT2D eigenvalue weighted by atomic mass is 35.5. The van der Waals surface area contributed by atoms with Crippen LogP contribution in [0.3, 0.4) is 0 Å². The summed E-state index contributed by atoms with van der Waals surface area (Å²) >= 11 is 6.01. The fourth-order valence-electron chi connectivity index (χ4n) is 1.94. The van der Waals surface area contributed by atoms with Gasteiger partial charge in [-0.25, -0.2) is 0 Å². The second-order valence-electron chi connectivity index (χ2n) is 4.74. The van der Waals surface area contributed by atoms with Gasteiger partial charge in [0, 0.05) is 17.8 Å². The number of hydrogen-bond acceptors (Lipinski definition) is 4. The molecule has 0 unspecified atom stereocenters. The Kier molecular flexibility index (Phi) is 5.54. The van der Waals surface area contributed by atoms with Gasteiger partial charge < -0.3 is 10.1 Å². The number of non-ortho nitro benzene ring substituents is 1. The largest absolute Gasteiger partial charge is 0.479 e. The van der Waals surface area contributed by atoms with Crippen LogP contribution in [0, 0.1) is 10.1 Å². The molecule has 0 bridgehead atoms. The Morgan fingerprint density at radius 3 is 2.70 bits per heavy atom. The minimum absolute atomic E-state index is 0.0946. The Bertz CT molecular complexity index is 721. The van der Waals surface area contributed by atoms with E-state index < -0.39 is 16.9 Å². The summed E-state index contributed by atoms with van der Waals surface area (Å²) in [6.07, 6.45) is -0.333. The number of amides is 1. The van der Waals surface area contributed by atoms with E-state index in [9.17, 15) is 14.9 Å². The zero-order valence-corrected chi connectivity index (χ0v) is 13.1. The van der Waals surface area contributed by atoms with E-state index in [1.54, 1.807) is 37.3 Å². The summed E-state index contributed by atoms with van der Waals surface area (Å²) in [6, 6.07) is 12.6. The van der Waals surface area contributed by atoms with Crippen molar-refractivity contribution in [2.75, 3.05) is 5.32 Å². The van der Waals surface area contributed by atoms with E-state index in [4.69, 9.17) is 16.3 Å². The van der Waals surface area contributed by atoms with E-state index in [1.165, 1.54) is 18.2 Å². The summed E-state index contributed by atoms with van der Waals surface area (Å²) in [5.74, 6) is 0.0168. The monoisotopic (exact) mass is 334 g/mol. The number of para-hydroxylation sites is 1. The molecule has 0 aliphatic rings. The van der Waals surface area contributed by atoms with Crippen LogP contribution in [0.5, 0.6) is 5.75 Å². The maximum absolute atomic E-state index is 12.3. The molecule has 1 amide bonds. The molecule has 0 saturated carbocycles. The highest BCUT2D eigenvalue weighted by Gasteiger charge is 2.20. The van der Waals surface area contributed by atoms with Crippen LogP contribution in [-0.2, 0) is 4.79 Å². The molecule has 23 heavy (non-hydrogen) atoms. The molecule has 6 nitrogen and oxygen atoms in total. The molecular weight excluding hydrogens is 320 g/mol. The molecular formula is C16H15ClN2O4. The smallest absolute Gasteiger partial charge is 0.271 e. The van der Waals surface area contributed by atoms with Gasteiger partial charge in [0.15, 0.2) is 6.10 Å². The van der Waals surface area contributed by atoms with E-state index in [2.05, 4.69) is 5.32 Å². The maximum atomic E-state index is 12.3. The van der Waals surface area contributed by atoms with Gasteiger partial charge in [-0.05, 0) is 24.6 Å². The van der Waals surface area contributed by atoms with Crippen molar-refractivity contribution in [1.82, 2.24) is 0 Å². The van der Waals surface area contributed by atoms with Gasteiger partial charge in [-0.2, -0.15) is 0 Å². The lowest BCUT2D eigenvalue weighted by molar-refractivity contribution is -0.384. The number of carbonyl (C=O) groups is 1. The van der Waals surface area contributed by atoms with Crippen LogP contribution in [0.15, 0.2) is 48.5 Å². The number of nitro benzene ring substituents is 1. The summed E-state index contributed by atoms with van der Waals surface area (Å²) in [6.45, 7) is 1.80. The SMILES string of the molecule is CC[C@@H](Oc1ccccc1Cl)C(=O)Nc1cccc([N+](=O)[O-])c1. The minimum atomic E-state index is -0.755. The zero-order valence-electron chi connectivity index (χ0n) is 12.4. The number of nitro groups is 1. The molecule has 1 atom stereocenters. The molecule has 0 aliphatic heterocycles. The predicted octanol–water partition coefficient (Wildman–Crippen LogP) is 4.04. The fourth-order valence-corrected chi connectivity index (χ4v) is 2.12. The lowest BCUT2D eigenvalue weighted by Crippen LogP contribution is -2.32. The molecule has 2 aromatic rings. The minimum Gasteiger partial charge on any atom is -0.479 e. The van der Waals surface area contributed by atoms with Crippen LogP contribution in [-0.4, -0.2) is 16.9 Å². The van der Waals surface area contributed by atoms with Gasteiger partial charge in [-0.15, -0.1) is 0 Å². The Balaban J connectivity index is 2.10. The summed E-state index contributed by atoms with van der Waals surface area (Å²) in [4.78, 5) is 22.5. The van der Waals surface area contributed by atoms with Gasteiger partial charge in [0.2, 0.25) is 0 Å².